The second-order valence-electron chi connectivity index (χ2n) is 8.09. The van der Waals surface area contributed by atoms with E-state index in [-0.39, 0.29) is 17.7 Å². The number of benzene rings is 2. The van der Waals surface area contributed by atoms with Crippen LogP contribution in [0.25, 0.3) is 0 Å². The lowest BCUT2D eigenvalue weighted by Gasteiger charge is -2.31. The fourth-order valence-corrected chi connectivity index (χ4v) is 4.42. The van der Waals surface area contributed by atoms with Crippen LogP contribution in [0, 0.1) is 5.92 Å². The van der Waals surface area contributed by atoms with Crippen LogP contribution >= 0.6 is 0 Å². The Kier molecular flexibility index (Phi) is 6.44. The topological polar surface area (TPSA) is 67.9 Å². The molecule has 1 unspecified atom stereocenters. The molecule has 2 heterocycles. The van der Waals surface area contributed by atoms with Gasteiger partial charge in [-0.1, -0.05) is 18.2 Å². The number of amides is 2. The maximum absolute atomic E-state index is 12.9. The summed E-state index contributed by atoms with van der Waals surface area (Å²) in [5.74, 6) is 1.46. The first-order valence-electron chi connectivity index (χ1n) is 11.2. The number of nitrogens with one attached hydrogen (secondary N) is 1. The van der Waals surface area contributed by atoms with Crippen LogP contribution in [0.3, 0.4) is 0 Å². The summed E-state index contributed by atoms with van der Waals surface area (Å²) in [7, 11) is 0. The number of nitrogens with zero attached hydrogens (tertiary/aromatic N) is 1. The Bertz CT molecular complexity index is 972. The van der Waals surface area contributed by atoms with Crippen LogP contribution in [0.2, 0.25) is 0 Å². The van der Waals surface area contributed by atoms with Crippen molar-refractivity contribution >= 4 is 17.5 Å². The van der Waals surface area contributed by atoms with Gasteiger partial charge in [0.15, 0.2) is 11.5 Å². The Balaban J connectivity index is 1.39. The average molecular weight is 423 g/mol. The molecule has 2 aromatic rings. The molecule has 2 aromatic carbocycles. The third-order valence-electron chi connectivity index (χ3n) is 6.05. The van der Waals surface area contributed by atoms with Gasteiger partial charge in [-0.2, -0.15) is 0 Å². The van der Waals surface area contributed by atoms with E-state index >= 15 is 0 Å². The molecule has 2 aliphatic rings. The number of ether oxygens (including phenoxy) is 2. The van der Waals surface area contributed by atoms with Crippen molar-refractivity contribution in [3.63, 3.8) is 0 Å². The van der Waals surface area contributed by atoms with Gasteiger partial charge in [0, 0.05) is 31.1 Å². The van der Waals surface area contributed by atoms with Crippen molar-refractivity contribution in [2.24, 2.45) is 5.92 Å². The van der Waals surface area contributed by atoms with Crippen molar-refractivity contribution in [1.29, 1.82) is 0 Å². The quantitative estimate of drug-likeness (QED) is 0.733. The lowest BCUT2D eigenvalue weighted by Crippen LogP contribution is -2.37. The zero-order chi connectivity index (χ0) is 21.8. The summed E-state index contributed by atoms with van der Waals surface area (Å²) in [5.41, 5.74) is 4.34. The fourth-order valence-electron chi connectivity index (χ4n) is 4.42. The molecule has 0 bridgehead atoms. The Morgan fingerprint density at radius 2 is 1.77 bits per heavy atom. The van der Waals surface area contributed by atoms with Crippen LogP contribution in [0.1, 0.15) is 43.4 Å². The van der Waals surface area contributed by atoms with Gasteiger partial charge in [0.05, 0.1) is 13.2 Å². The van der Waals surface area contributed by atoms with E-state index in [1.54, 1.807) is 0 Å². The molecule has 0 aliphatic carbocycles. The van der Waals surface area contributed by atoms with Crippen molar-refractivity contribution in [2.75, 3.05) is 25.1 Å². The molecule has 31 heavy (non-hydrogen) atoms. The van der Waals surface area contributed by atoms with Gasteiger partial charge in [0.25, 0.3) is 0 Å². The van der Waals surface area contributed by atoms with Gasteiger partial charge in [0.1, 0.15) is 0 Å². The molecule has 6 heteroatoms. The molecule has 1 N–H and O–H groups in total. The summed E-state index contributed by atoms with van der Waals surface area (Å²) in [4.78, 5) is 27.2. The number of carbonyl (C=O) groups excluding carboxylic acids is 2. The fraction of sp³-hybridized carbons (Fsp3) is 0.440. The van der Waals surface area contributed by atoms with Gasteiger partial charge >= 0.3 is 0 Å². The van der Waals surface area contributed by atoms with Crippen LogP contribution in [0.4, 0.5) is 5.69 Å². The highest BCUT2D eigenvalue weighted by Crippen LogP contribution is 2.34. The van der Waals surface area contributed by atoms with Gasteiger partial charge < -0.3 is 19.7 Å². The van der Waals surface area contributed by atoms with Crippen LogP contribution in [0.5, 0.6) is 11.5 Å². The molecule has 2 amide bonds. The van der Waals surface area contributed by atoms with Crippen LogP contribution in [-0.4, -0.2) is 36.5 Å². The number of para-hydroxylation sites is 1. The summed E-state index contributed by atoms with van der Waals surface area (Å²) < 4.78 is 11.5. The number of hydrogen-bond acceptors (Lipinski definition) is 4. The first kappa shape index (κ1) is 21.2. The molecular weight excluding hydrogens is 392 g/mol. The molecule has 4 rings (SSSR count). The number of hydrogen-bond donors (Lipinski definition) is 1. The monoisotopic (exact) mass is 422 g/mol. The van der Waals surface area contributed by atoms with Crippen molar-refractivity contribution < 1.29 is 19.1 Å². The molecule has 2 aliphatic heterocycles. The number of fused-ring (bicyclic) bond motifs is 2. The zero-order valence-corrected chi connectivity index (χ0v) is 18.3. The molecule has 1 atom stereocenters. The number of rotatable bonds is 7. The van der Waals surface area contributed by atoms with E-state index < -0.39 is 0 Å². The van der Waals surface area contributed by atoms with Crippen molar-refractivity contribution in [2.45, 2.75) is 46.1 Å². The lowest BCUT2D eigenvalue weighted by atomic mass is 9.89. The molecule has 0 aromatic heterocycles. The molecule has 0 spiro atoms. The first-order valence-corrected chi connectivity index (χ1v) is 11.2. The van der Waals surface area contributed by atoms with Gasteiger partial charge in [0.2, 0.25) is 11.8 Å². The maximum Gasteiger partial charge on any atom is 0.227 e. The molecule has 0 saturated heterocycles. The number of anilines is 1. The van der Waals surface area contributed by atoms with Crippen LogP contribution in [-0.2, 0) is 29.0 Å². The third-order valence-corrected chi connectivity index (χ3v) is 6.05. The normalized spacial score (nSPS) is 17.4. The smallest absolute Gasteiger partial charge is 0.227 e. The highest BCUT2D eigenvalue weighted by molar-refractivity contribution is 5.96. The van der Waals surface area contributed by atoms with Crippen molar-refractivity contribution in [1.82, 2.24) is 4.90 Å². The summed E-state index contributed by atoms with van der Waals surface area (Å²) in [6.45, 7) is 6.31. The highest BCUT2D eigenvalue weighted by Gasteiger charge is 2.28. The van der Waals surface area contributed by atoms with Crippen molar-refractivity contribution in [3.05, 3.63) is 53.1 Å². The minimum atomic E-state index is -0.158. The van der Waals surface area contributed by atoms with Gasteiger partial charge in [-0.3, -0.25) is 9.59 Å². The van der Waals surface area contributed by atoms with Crippen LogP contribution in [0.15, 0.2) is 36.4 Å². The molecular formula is C25H30N2O4. The summed E-state index contributed by atoms with van der Waals surface area (Å²) in [6, 6.07) is 11.9. The minimum Gasteiger partial charge on any atom is -0.490 e. The van der Waals surface area contributed by atoms with E-state index in [0.717, 1.165) is 34.7 Å². The Morgan fingerprint density at radius 1 is 1.06 bits per heavy atom. The molecule has 0 fully saturated rings. The SMILES string of the molecule is CCOc1cc2c(cc1OCC)CN(C(=O)CCC1Cc3ccccc3NC1=O)CC2. The third kappa shape index (κ3) is 4.68. The van der Waals surface area contributed by atoms with Crippen molar-refractivity contribution in [3.8, 4) is 11.5 Å². The summed E-state index contributed by atoms with van der Waals surface area (Å²) >= 11 is 0. The van der Waals surface area contributed by atoms with E-state index in [9.17, 15) is 9.59 Å². The molecule has 0 saturated carbocycles. The van der Waals surface area contributed by atoms with Gasteiger partial charge in [-0.05, 0) is 68.0 Å². The predicted molar refractivity (Wildman–Crippen MR) is 119 cm³/mol. The lowest BCUT2D eigenvalue weighted by molar-refractivity contribution is -0.132. The largest absolute Gasteiger partial charge is 0.490 e. The Labute approximate surface area is 183 Å². The minimum absolute atomic E-state index is 0.0142. The summed E-state index contributed by atoms with van der Waals surface area (Å²) in [6.07, 6.45) is 2.43. The Morgan fingerprint density at radius 3 is 2.52 bits per heavy atom. The highest BCUT2D eigenvalue weighted by atomic mass is 16.5. The zero-order valence-electron chi connectivity index (χ0n) is 18.3. The predicted octanol–water partition coefficient (Wildman–Crippen LogP) is 3.96. The summed E-state index contributed by atoms with van der Waals surface area (Å²) in [5, 5.41) is 2.97. The van der Waals surface area contributed by atoms with E-state index in [1.807, 2.05) is 49.1 Å². The second-order valence-corrected chi connectivity index (χ2v) is 8.09. The molecule has 0 radical (unpaired) electrons. The average Bonchev–Trinajstić information content (AvgIpc) is 2.78. The second kappa shape index (κ2) is 9.41. The van der Waals surface area contributed by atoms with E-state index in [2.05, 4.69) is 11.4 Å². The molecule has 6 nitrogen and oxygen atoms in total. The Hall–Kier alpha value is -3.02. The van der Waals surface area contributed by atoms with Crippen LogP contribution < -0.4 is 14.8 Å². The van der Waals surface area contributed by atoms with E-state index in [0.29, 0.717) is 45.6 Å². The van der Waals surface area contributed by atoms with E-state index in [4.69, 9.17) is 9.47 Å². The number of carbonyl (C=O) groups is 2. The maximum atomic E-state index is 12.9. The first-order chi connectivity index (χ1) is 15.1. The van der Waals surface area contributed by atoms with Gasteiger partial charge in [-0.25, -0.2) is 0 Å². The van der Waals surface area contributed by atoms with Gasteiger partial charge in [-0.15, -0.1) is 0 Å². The molecule has 164 valence electrons. The standard InChI is InChI=1S/C25H30N2O4/c1-3-30-22-14-17-11-12-27(16-20(17)15-23(22)31-4-2)24(28)10-9-19-13-18-7-5-6-8-21(18)26-25(19)29/h5-8,14-15,19H,3-4,9-13,16H2,1-2H3,(H,26,29). The van der Waals surface area contributed by atoms with E-state index in [1.165, 1.54) is 5.56 Å².